The second-order valence-electron chi connectivity index (χ2n) is 4.83. The van der Waals surface area contributed by atoms with E-state index >= 15 is 0 Å². The van der Waals surface area contributed by atoms with Crippen LogP contribution in [-0.2, 0) is 0 Å². The van der Waals surface area contributed by atoms with Crippen LogP contribution < -0.4 is 10.6 Å². The van der Waals surface area contributed by atoms with Crippen molar-refractivity contribution in [2.75, 3.05) is 18.0 Å². The maximum Gasteiger partial charge on any atom is 0.267 e. The Hall–Kier alpha value is -1.62. The summed E-state index contributed by atoms with van der Waals surface area (Å²) >= 11 is 0. The zero-order valence-corrected chi connectivity index (χ0v) is 10.5. The molecule has 0 radical (unpaired) electrons. The van der Waals surface area contributed by atoms with Gasteiger partial charge in [-0.05, 0) is 37.8 Å². The van der Waals surface area contributed by atoms with E-state index in [1.807, 2.05) is 13.0 Å². The quantitative estimate of drug-likeness (QED) is 0.829. The fourth-order valence-corrected chi connectivity index (χ4v) is 2.39. The van der Waals surface area contributed by atoms with Crippen molar-refractivity contribution in [1.29, 1.82) is 0 Å². The van der Waals surface area contributed by atoms with Gasteiger partial charge < -0.3 is 15.7 Å². The highest BCUT2D eigenvalue weighted by Gasteiger charge is 2.23. The van der Waals surface area contributed by atoms with Crippen LogP contribution in [0, 0.1) is 5.92 Å². The van der Waals surface area contributed by atoms with Crippen LogP contribution in [0.3, 0.4) is 0 Å². The number of nitrogens with zero attached hydrogens (tertiary/aromatic N) is 2. The van der Waals surface area contributed by atoms with Gasteiger partial charge in [-0.3, -0.25) is 9.78 Å². The van der Waals surface area contributed by atoms with Crippen LogP contribution >= 0.6 is 0 Å². The van der Waals surface area contributed by atoms with Gasteiger partial charge in [0.2, 0.25) is 0 Å². The third kappa shape index (κ3) is 2.79. The lowest BCUT2D eigenvalue weighted by Gasteiger charge is -2.34. The molecule has 18 heavy (non-hydrogen) atoms. The number of nitrogens with two attached hydrogens (primary N) is 1. The Bertz CT molecular complexity index is 426. The van der Waals surface area contributed by atoms with E-state index in [1.165, 1.54) is 0 Å². The molecule has 2 heterocycles. The molecule has 1 unspecified atom stereocenters. The zero-order valence-electron chi connectivity index (χ0n) is 10.5. The molecule has 1 amide bonds. The Labute approximate surface area is 107 Å². The smallest absolute Gasteiger partial charge is 0.267 e. The van der Waals surface area contributed by atoms with Crippen LogP contribution in [0.5, 0.6) is 0 Å². The van der Waals surface area contributed by atoms with Gasteiger partial charge in [0.25, 0.3) is 5.91 Å². The summed E-state index contributed by atoms with van der Waals surface area (Å²) in [7, 11) is 0. The summed E-state index contributed by atoms with van der Waals surface area (Å²) in [6, 6.07) is 3.61. The van der Waals surface area contributed by atoms with Crippen molar-refractivity contribution in [2.45, 2.75) is 25.9 Å². The molecule has 1 fully saturated rings. The summed E-state index contributed by atoms with van der Waals surface area (Å²) in [5, 5.41) is 9.56. The molecule has 0 aliphatic carbocycles. The first-order valence-corrected chi connectivity index (χ1v) is 6.27. The van der Waals surface area contributed by atoms with Crippen LogP contribution in [0.2, 0.25) is 0 Å². The summed E-state index contributed by atoms with van der Waals surface area (Å²) in [6.07, 6.45) is 3.29. The van der Waals surface area contributed by atoms with Crippen molar-refractivity contribution < 1.29 is 9.90 Å². The topological polar surface area (TPSA) is 79.4 Å². The fraction of sp³-hybridized carbons (Fsp3) is 0.538. The van der Waals surface area contributed by atoms with E-state index in [1.54, 1.807) is 12.3 Å². The number of hydrogen-bond donors (Lipinski definition) is 2. The second-order valence-corrected chi connectivity index (χ2v) is 4.83. The number of amides is 1. The van der Waals surface area contributed by atoms with Crippen LogP contribution in [0.4, 0.5) is 5.69 Å². The third-order valence-electron chi connectivity index (χ3n) is 3.58. The predicted octanol–water partition coefficient (Wildman–Crippen LogP) is 0.778. The predicted molar refractivity (Wildman–Crippen MR) is 69.4 cm³/mol. The number of aliphatic hydroxyl groups excluding tert-OH is 1. The maximum atomic E-state index is 11.1. The van der Waals surface area contributed by atoms with E-state index in [-0.39, 0.29) is 6.10 Å². The number of primary amides is 1. The molecule has 1 aliphatic heterocycles. The van der Waals surface area contributed by atoms with E-state index in [0.717, 1.165) is 31.6 Å². The summed E-state index contributed by atoms with van der Waals surface area (Å²) < 4.78 is 0. The zero-order chi connectivity index (χ0) is 13.1. The van der Waals surface area contributed by atoms with Crippen LogP contribution in [0.1, 0.15) is 30.3 Å². The van der Waals surface area contributed by atoms with E-state index in [2.05, 4.69) is 9.88 Å². The molecule has 1 saturated heterocycles. The maximum absolute atomic E-state index is 11.1. The first kappa shape index (κ1) is 12.8. The second kappa shape index (κ2) is 5.35. The van der Waals surface area contributed by atoms with Crippen molar-refractivity contribution in [3.8, 4) is 0 Å². The van der Waals surface area contributed by atoms with E-state index < -0.39 is 5.91 Å². The molecule has 1 aromatic heterocycles. The van der Waals surface area contributed by atoms with E-state index in [9.17, 15) is 9.90 Å². The van der Waals surface area contributed by atoms with E-state index in [0.29, 0.717) is 11.6 Å². The van der Waals surface area contributed by atoms with Crippen molar-refractivity contribution >= 4 is 11.6 Å². The molecule has 0 saturated carbocycles. The Morgan fingerprint density at radius 3 is 2.78 bits per heavy atom. The number of carbonyl (C=O) groups excluding carboxylic acids is 1. The van der Waals surface area contributed by atoms with Gasteiger partial charge in [0.15, 0.2) is 0 Å². The minimum absolute atomic E-state index is 0.245. The van der Waals surface area contributed by atoms with Crippen molar-refractivity contribution in [1.82, 2.24) is 4.98 Å². The number of piperidine rings is 1. The number of pyridine rings is 1. The third-order valence-corrected chi connectivity index (χ3v) is 3.58. The minimum Gasteiger partial charge on any atom is -0.393 e. The first-order valence-electron chi connectivity index (χ1n) is 6.27. The number of aliphatic hydroxyl groups is 1. The lowest BCUT2D eigenvalue weighted by molar-refractivity contribution is 0.0995. The summed E-state index contributed by atoms with van der Waals surface area (Å²) in [5.41, 5.74) is 6.49. The van der Waals surface area contributed by atoms with Gasteiger partial charge in [-0.15, -0.1) is 0 Å². The largest absolute Gasteiger partial charge is 0.393 e. The summed E-state index contributed by atoms with van der Waals surface area (Å²) in [5.74, 6) is -0.130. The molecule has 5 heteroatoms. The van der Waals surface area contributed by atoms with Crippen molar-refractivity contribution in [3.05, 3.63) is 24.0 Å². The SMILES string of the molecule is CC(O)C1CCN(c2ccnc(C(N)=O)c2)CC1. The standard InChI is InChI=1S/C13H19N3O2/c1-9(17)10-3-6-16(7-4-10)11-2-5-15-12(8-11)13(14)18/h2,5,8-10,17H,3-4,6-7H2,1H3,(H2,14,18). The van der Waals surface area contributed by atoms with Crippen LogP contribution in [0.25, 0.3) is 0 Å². The van der Waals surface area contributed by atoms with Crippen molar-refractivity contribution in [2.24, 2.45) is 11.7 Å². The minimum atomic E-state index is -0.504. The molecule has 0 bridgehead atoms. The van der Waals surface area contributed by atoms with Crippen molar-refractivity contribution in [3.63, 3.8) is 0 Å². The van der Waals surface area contributed by atoms with Crippen LogP contribution in [0.15, 0.2) is 18.3 Å². The summed E-state index contributed by atoms with van der Waals surface area (Å²) in [6.45, 7) is 3.62. The highest BCUT2D eigenvalue weighted by Crippen LogP contribution is 2.25. The van der Waals surface area contributed by atoms with Gasteiger partial charge in [0.05, 0.1) is 6.10 Å². The van der Waals surface area contributed by atoms with Gasteiger partial charge in [0, 0.05) is 25.0 Å². The number of hydrogen-bond acceptors (Lipinski definition) is 4. The molecule has 98 valence electrons. The Morgan fingerprint density at radius 2 is 2.22 bits per heavy atom. The number of anilines is 1. The first-order chi connectivity index (χ1) is 8.58. The Balaban J connectivity index is 2.05. The molecule has 1 aliphatic rings. The summed E-state index contributed by atoms with van der Waals surface area (Å²) in [4.78, 5) is 17.2. The lowest BCUT2D eigenvalue weighted by Crippen LogP contribution is -2.37. The van der Waals surface area contributed by atoms with Crippen LogP contribution in [-0.4, -0.2) is 35.2 Å². The monoisotopic (exact) mass is 249 g/mol. The average molecular weight is 249 g/mol. The Kier molecular flexibility index (Phi) is 3.81. The molecule has 3 N–H and O–H groups in total. The molecular weight excluding hydrogens is 230 g/mol. The van der Waals surface area contributed by atoms with Gasteiger partial charge >= 0.3 is 0 Å². The lowest BCUT2D eigenvalue weighted by atomic mass is 9.92. The molecular formula is C13H19N3O2. The van der Waals surface area contributed by atoms with Gasteiger partial charge in [-0.2, -0.15) is 0 Å². The average Bonchev–Trinajstić information content (AvgIpc) is 2.39. The van der Waals surface area contributed by atoms with E-state index in [4.69, 9.17) is 5.73 Å². The highest BCUT2D eigenvalue weighted by molar-refractivity contribution is 5.91. The number of carbonyl (C=O) groups is 1. The molecule has 5 nitrogen and oxygen atoms in total. The molecule has 0 spiro atoms. The van der Waals surface area contributed by atoms with Gasteiger partial charge in [-0.25, -0.2) is 0 Å². The van der Waals surface area contributed by atoms with Gasteiger partial charge in [-0.1, -0.05) is 0 Å². The van der Waals surface area contributed by atoms with Gasteiger partial charge in [0.1, 0.15) is 5.69 Å². The highest BCUT2D eigenvalue weighted by atomic mass is 16.3. The Morgan fingerprint density at radius 1 is 1.56 bits per heavy atom. The fourth-order valence-electron chi connectivity index (χ4n) is 2.39. The normalized spacial score (nSPS) is 18.7. The number of rotatable bonds is 3. The molecule has 1 atom stereocenters. The molecule has 1 aromatic rings. The molecule has 2 rings (SSSR count). The number of aromatic nitrogens is 1. The molecule has 0 aromatic carbocycles.